The fourth-order valence-corrected chi connectivity index (χ4v) is 3.89. The number of alkyl halides is 2. The van der Waals surface area contributed by atoms with Crippen LogP contribution in [0.25, 0.3) is 0 Å². The second-order valence-corrected chi connectivity index (χ2v) is 6.63. The number of halogens is 2. The fraction of sp³-hybridized carbons (Fsp3) is 0.647. The molecule has 0 aromatic heterocycles. The number of benzene rings is 1. The van der Waals surface area contributed by atoms with Gasteiger partial charge in [-0.25, -0.2) is 8.78 Å². The van der Waals surface area contributed by atoms with Gasteiger partial charge in [0.05, 0.1) is 4.92 Å². The molecule has 0 amide bonds. The predicted octanol–water partition coefficient (Wildman–Crippen LogP) is 3.67. The molecular formula is C17H22F2N2O3. The molecule has 24 heavy (non-hydrogen) atoms. The monoisotopic (exact) mass is 340 g/mol. The van der Waals surface area contributed by atoms with E-state index in [-0.39, 0.29) is 18.2 Å². The molecule has 0 spiro atoms. The SMILES string of the molecule is O=[N+]([O-])c1ccc(OC2CC3CCC(C2)N3CCC(F)CF)cc1. The minimum atomic E-state index is -1.36. The Hall–Kier alpha value is -1.76. The van der Waals surface area contributed by atoms with Crippen LogP contribution in [0, 0.1) is 10.1 Å². The van der Waals surface area contributed by atoms with Crippen molar-refractivity contribution in [3.8, 4) is 5.75 Å². The van der Waals surface area contributed by atoms with Crippen LogP contribution in [0.2, 0.25) is 0 Å². The number of ether oxygens (including phenoxy) is 1. The van der Waals surface area contributed by atoms with Crippen molar-refractivity contribution in [3.63, 3.8) is 0 Å². The quantitative estimate of drug-likeness (QED) is 0.561. The third-order valence-corrected chi connectivity index (χ3v) is 5.06. The highest BCUT2D eigenvalue weighted by Crippen LogP contribution is 2.37. The lowest BCUT2D eigenvalue weighted by Gasteiger charge is -2.39. The van der Waals surface area contributed by atoms with Crippen molar-refractivity contribution < 1.29 is 18.4 Å². The average molecular weight is 340 g/mol. The topological polar surface area (TPSA) is 55.6 Å². The summed E-state index contributed by atoms with van der Waals surface area (Å²) in [5.41, 5.74) is 0.0471. The molecule has 3 unspecified atom stereocenters. The van der Waals surface area contributed by atoms with E-state index in [0.717, 1.165) is 25.7 Å². The zero-order valence-electron chi connectivity index (χ0n) is 13.4. The predicted molar refractivity (Wildman–Crippen MR) is 85.8 cm³/mol. The molecule has 2 fully saturated rings. The van der Waals surface area contributed by atoms with Crippen LogP contribution in [0.15, 0.2) is 24.3 Å². The zero-order valence-corrected chi connectivity index (χ0v) is 13.4. The van der Waals surface area contributed by atoms with E-state index in [1.54, 1.807) is 12.1 Å². The van der Waals surface area contributed by atoms with Gasteiger partial charge in [-0.15, -0.1) is 0 Å². The number of fused-ring (bicyclic) bond motifs is 2. The summed E-state index contributed by atoms with van der Waals surface area (Å²) in [6, 6.07) is 6.86. The van der Waals surface area contributed by atoms with Crippen molar-refractivity contribution in [2.24, 2.45) is 0 Å². The molecule has 2 saturated heterocycles. The lowest BCUT2D eigenvalue weighted by atomic mass is 9.99. The van der Waals surface area contributed by atoms with Crippen molar-refractivity contribution >= 4 is 5.69 Å². The molecule has 3 atom stereocenters. The molecule has 1 aromatic rings. The largest absolute Gasteiger partial charge is 0.490 e. The van der Waals surface area contributed by atoms with E-state index in [4.69, 9.17) is 4.74 Å². The Bertz CT molecular complexity index is 555. The first-order valence-corrected chi connectivity index (χ1v) is 8.43. The van der Waals surface area contributed by atoms with Gasteiger partial charge >= 0.3 is 0 Å². The van der Waals surface area contributed by atoms with Gasteiger partial charge in [-0.05, 0) is 44.2 Å². The number of hydrogen-bond acceptors (Lipinski definition) is 4. The lowest BCUT2D eigenvalue weighted by Crippen LogP contribution is -2.47. The molecule has 2 heterocycles. The number of nitro benzene ring substituents is 1. The molecule has 0 radical (unpaired) electrons. The zero-order chi connectivity index (χ0) is 17.1. The third-order valence-electron chi connectivity index (χ3n) is 5.06. The standard InChI is InChI=1S/C17H22F2N2O3/c18-11-12(19)7-8-20-14-1-2-15(20)10-17(9-14)24-16-5-3-13(4-6-16)21(22)23/h3-6,12,14-15,17H,1-2,7-11H2. The molecule has 5 nitrogen and oxygen atoms in total. The first-order chi connectivity index (χ1) is 11.6. The maximum Gasteiger partial charge on any atom is 0.269 e. The van der Waals surface area contributed by atoms with Crippen LogP contribution in [0.3, 0.4) is 0 Å². The molecule has 0 aliphatic carbocycles. The van der Waals surface area contributed by atoms with Crippen LogP contribution < -0.4 is 4.74 Å². The summed E-state index contributed by atoms with van der Waals surface area (Å²) in [5.74, 6) is 0.639. The second kappa shape index (κ2) is 7.42. The molecule has 132 valence electrons. The molecule has 2 aliphatic heterocycles. The van der Waals surface area contributed by atoms with Crippen molar-refractivity contribution in [2.45, 2.75) is 56.5 Å². The second-order valence-electron chi connectivity index (χ2n) is 6.63. The Morgan fingerprint density at radius 1 is 1.25 bits per heavy atom. The smallest absolute Gasteiger partial charge is 0.269 e. The van der Waals surface area contributed by atoms with E-state index >= 15 is 0 Å². The maximum absolute atomic E-state index is 13.1. The Morgan fingerprint density at radius 3 is 2.42 bits per heavy atom. The minimum Gasteiger partial charge on any atom is -0.490 e. The Labute approximate surface area is 139 Å². The van der Waals surface area contributed by atoms with Crippen LogP contribution in [0.5, 0.6) is 5.75 Å². The number of piperidine rings is 1. The summed E-state index contributed by atoms with van der Waals surface area (Å²) < 4.78 is 31.4. The summed E-state index contributed by atoms with van der Waals surface area (Å²) >= 11 is 0. The molecule has 2 aliphatic rings. The van der Waals surface area contributed by atoms with Crippen LogP contribution in [-0.4, -0.2) is 47.4 Å². The number of nitro groups is 1. The maximum atomic E-state index is 13.1. The summed E-state index contributed by atoms with van der Waals surface area (Å²) in [4.78, 5) is 12.5. The van der Waals surface area contributed by atoms with Crippen LogP contribution in [-0.2, 0) is 0 Å². The van der Waals surface area contributed by atoms with E-state index in [2.05, 4.69) is 4.90 Å². The van der Waals surface area contributed by atoms with Gasteiger partial charge in [-0.1, -0.05) is 0 Å². The van der Waals surface area contributed by atoms with E-state index in [0.29, 0.717) is 24.4 Å². The lowest BCUT2D eigenvalue weighted by molar-refractivity contribution is -0.384. The number of rotatable bonds is 7. The summed E-state index contributed by atoms with van der Waals surface area (Å²) in [6.45, 7) is -0.306. The Kier molecular flexibility index (Phi) is 5.28. The van der Waals surface area contributed by atoms with Crippen molar-refractivity contribution in [3.05, 3.63) is 34.4 Å². The van der Waals surface area contributed by atoms with Crippen molar-refractivity contribution in [1.29, 1.82) is 0 Å². The van der Waals surface area contributed by atoms with Gasteiger partial charge in [0.1, 0.15) is 24.7 Å². The molecule has 0 N–H and O–H groups in total. The molecule has 3 rings (SSSR count). The van der Waals surface area contributed by atoms with Gasteiger partial charge in [0.15, 0.2) is 0 Å². The average Bonchev–Trinajstić information content (AvgIpc) is 2.82. The van der Waals surface area contributed by atoms with Crippen molar-refractivity contribution in [1.82, 2.24) is 4.90 Å². The van der Waals surface area contributed by atoms with E-state index in [1.807, 2.05) is 0 Å². The first-order valence-electron chi connectivity index (χ1n) is 8.43. The minimum absolute atomic E-state index is 0.0471. The highest BCUT2D eigenvalue weighted by molar-refractivity contribution is 5.36. The summed E-state index contributed by atoms with van der Waals surface area (Å²) in [6.07, 6.45) is 2.81. The molecule has 2 bridgehead atoms. The van der Waals surface area contributed by atoms with Crippen LogP contribution >= 0.6 is 0 Å². The summed E-state index contributed by atoms with van der Waals surface area (Å²) in [7, 11) is 0. The molecule has 7 heteroatoms. The molecule has 0 saturated carbocycles. The van der Waals surface area contributed by atoms with E-state index in [9.17, 15) is 18.9 Å². The van der Waals surface area contributed by atoms with E-state index in [1.165, 1.54) is 12.1 Å². The molecular weight excluding hydrogens is 318 g/mol. The van der Waals surface area contributed by atoms with Gasteiger partial charge in [-0.2, -0.15) is 0 Å². The van der Waals surface area contributed by atoms with Crippen LogP contribution in [0.4, 0.5) is 14.5 Å². The van der Waals surface area contributed by atoms with Gasteiger partial charge in [-0.3, -0.25) is 15.0 Å². The normalized spacial score (nSPS) is 27.8. The Balaban J connectivity index is 1.54. The van der Waals surface area contributed by atoms with Crippen molar-refractivity contribution in [2.75, 3.05) is 13.2 Å². The highest BCUT2D eigenvalue weighted by atomic mass is 19.2. The van der Waals surface area contributed by atoms with Crippen LogP contribution in [0.1, 0.15) is 32.1 Å². The number of nitrogens with zero attached hydrogens (tertiary/aromatic N) is 2. The van der Waals surface area contributed by atoms with Gasteiger partial charge in [0.25, 0.3) is 5.69 Å². The highest BCUT2D eigenvalue weighted by Gasteiger charge is 2.41. The Morgan fingerprint density at radius 2 is 1.88 bits per heavy atom. The molecule has 1 aromatic carbocycles. The van der Waals surface area contributed by atoms with Gasteiger partial charge in [0.2, 0.25) is 0 Å². The number of hydrogen-bond donors (Lipinski definition) is 0. The van der Waals surface area contributed by atoms with E-state index < -0.39 is 17.8 Å². The first kappa shape index (κ1) is 17.1. The fourth-order valence-electron chi connectivity index (χ4n) is 3.89. The summed E-state index contributed by atoms with van der Waals surface area (Å²) in [5, 5.41) is 10.7. The number of non-ortho nitro benzene ring substituents is 1. The van der Waals surface area contributed by atoms with Gasteiger partial charge in [0, 0.05) is 30.8 Å². The van der Waals surface area contributed by atoms with Gasteiger partial charge < -0.3 is 4.74 Å². The third kappa shape index (κ3) is 3.83.